The molecule has 0 unspecified atom stereocenters. The Balaban J connectivity index is 0.00000199. The minimum Gasteiger partial charge on any atom is -0.496 e. The number of ether oxygens (including phenoxy) is 5. The predicted molar refractivity (Wildman–Crippen MR) is 130 cm³/mol. The van der Waals surface area contributed by atoms with Crippen LogP contribution in [-0.2, 0) is 32.0 Å². The number of rotatable bonds is 10. The fourth-order valence-corrected chi connectivity index (χ4v) is 4.10. The highest BCUT2D eigenvalue weighted by molar-refractivity contribution is 5.98. The molecule has 0 aromatic heterocycles. The Bertz CT molecular complexity index is 873. The van der Waals surface area contributed by atoms with E-state index in [2.05, 4.69) is 4.90 Å². The van der Waals surface area contributed by atoms with Crippen LogP contribution in [0.3, 0.4) is 0 Å². The topological polar surface area (TPSA) is 83.5 Å². The standard InChI is InChI=1S/C24H33NO7.C2H6/c1-16(6-8-20(26)31-14-11-25-9-12-30-13-10-25)5-7-18-22(28-3)17(2)19-15-32-24(27)21(19)23(18)29-4;1-2/h5H,6-15H2,1-4H3;1-2H3/b16-5+;. The van der Waals surface area contributed by atoms with E-state index in [0.29, 0.717) is 42.9 Å². The first kappa shape index (κ1) is 27.7. The molecular weight excluding hydrogens is 438 g/mol. The number of nitrogens with zero attached hydrogens (tertiary/aromatic N) is 1. The minimum absolute atomic E-state index is 0.197. The lowest BCUT2D eigenvalue weighted by molar-refractivity contribution is -0.144. The number of carbonyl (C=O) groups is 2. The van der Waals surface area contributed by atoms with Crippen LogP contribution >= 0.6 is 0 Å². The molecule has 0 saturated carbocycles. The highest BCUT2D eigenvalue weighted by Gasteiger charge is 2.32. The van der Waals surface area contributed by atoms with Gasteiger partial charge in [0, 0.05) is 37.2 Å². The molecule has 0 bridgehead atoms. The molecule has 0 radical (unpaired) electrons. The molecule has 2 aliphatic rings. The van der Waals surface area contributed by atoms with E-state index in [1.165, 1.54) is 0 Å². The van der Waals surface area contributed by atoms with Crippen molar-refractivity contribution in [2.45, 2.75) is 53.6 Å². The second kappa shape index (κ2) is 14.0. The zero-order chi connectivity index (χ0) is 25.1. The quantitative estimate of drug-likeness (QED) is 0.371. The summed E-state index contributed by atoms with van der Waals surface area (Å²) < 4.78 is 27.1. The summed E-state index contributed by atoms with van der Waals surface area (Å²) in [6.45, 7) is 12.5. The first-order chi connectivity index (χ1) is 16.5. The summed E-state index contributed by atoms with van der Waals surface area (Å²) in [5, 5.41) is 0. The van der Waals surface area contributed by atoms with Crippen molar-refractivity contribution in [3.63, 3.8) is 0 Å². The lowest BCUT2D eigenvalue weighted by Crippen LogP contribution is -2.38. The lowest BCUT2D eigenvalue weighted by atomic mass is 9.94. The van der Waals surface area contributed by atoms with Crippen molar-refractivity contribution >= 4 is 11.9 Å². The Labute approximate surface area is 203 Å². The number of morpholine rings is 1. The van der Waals surface area contributed by atoms with E-state index in [0.717, 1.165) is 55.1 Å². The number of benzene rings is 1. The molecule has 0 amide bonds. The van der Waals surface area contributed by atoms with Crippen LogP contribution in [0.2, 0.25) is 0 Å². The molecule has 0 aliphatic carbocycles. The van der Waals surface area contributed by atoms with Gasteiger partial charge in [0.05, 0.1) is 27.4 Å². The fourth-order valence-electron chi connectivity index (χ4n) is 4.10. The van der Waals surface area contributed by atoms with Crippen molar-refractivity contribution in [1.82, 2.24) is 4.90 Å². The van der Waals surface area contributed by atoms with Gasteiger partial charge in [0.25, 0.3) is 0 Å². The Morgan fingerprint density at radius 3 is 2.41 bits per heavy atom. The summed E-state index contributed by atoms with van der Waals surface area (Å²) in [5.41, 5.74) is 4.04. The van der Waals surface area contributed by atoms with Crippen LogP contribution in [-0.4, -0.2) is 70.5 Å². The van der Waals surface area contributed by atoms with Gasteiger partial charge >= 0.3 is 11.9 Å². The van der Waals surface area contributed by atoms with Crippen molar-refractivity contribution in [2.75, 3.05) is 53.7 Å². The summed E-state index contributed by atoms with van der Waals surface area (Å²) in [6.07, 6.45) is 3.49. The molecule has 0 N–H and O–H groups in total. The van der Waals surface area contributed by atoms with Crippen molar-refractivity contribution in [2.24, 2.45) is 0 Å². The van der Waals surface area contributed by atoms with Gasteiger partial charge in [-0.25, -0.2) is 4.79 Å². The Kier molecular flexibility index (Phi) is 11.4. The number of allylic oxidation sites excluding steroid dienone is 2. The molecule has 0 spiro atoms. The lowest BCUT2D eigenvalue weighted by Gasteiger charge is -2.26. The third-order valence-electron chi connectivity index (χ3n) is 5.98. The van der Waals surface area contributed by atoms with Gasteiger partial charge in [-0.1, -0.05) is 25.5 Å². The second-order valence-corrected chi connectivity index (χ2v) is 8.03. The maximum absolute atomic E-state index is 12.2. The first-order valence-corrected chi connectivity index (χ1v) is 12.0. The monoisotopic (exact) mass is 477 g/mol. The van der Waals surface area contributed by atoms with Crippen LogP contribution in [0.1, 0.15) is 60.7 Å². The van der Waals surface area contributed by atoms with E-state index >= 15 is 0 Å². The van der Waals surface area contributed by atoms with Gasteiger partial charge < -0.3 is 23.7 Å². The molecule has 8 heteroatoms. The molecule has 0 atom stereocenters. The summed E-state index contributed by atoms with van der Waals surface area (Å²) in [7, 11) is 3.15. The van der Waals surface area contributed by atoms with Gasteiger partial charge in [0.1, 0.15) is 30.3 Å². The third kappa shape index (κ3) is 6.96. The Morgan fingerprint density at radius 1 is 1.09 bits per heavy atom. The maximum atomic E-state index is 12.2. The first-order valence-electron chi connectivity index (χ1n) is 12.0. The van der Waals surface area contributed by atoms with Gasteiger partial charge in [-0.3, -0.25) is 9.69 Å². The SMILES string of the molecule is CC.COc1c(C)c2c(c(OC)c1C/C=C(\C)CCC(=O)OCCN1CCOCC1)C(=O)OC2. The average Bonchev–Trinajstić information content (AvgIpc) is 3.25. The zero-order valence-electron chi connectivity index (χ0n) is 21.5. The Hall–Kier alpha value is -2.58. The highest BCUT2D eigenvalue weighted by Crippen LogP contribution is 2.42. The number of hydrogen-bond acceptors (Lipinski definition) is 8. The molecule has 1 aromatic rings. The number of fused-ring (bicyclic) bond motifs is 1. The second-order valence-electron chi connectivity index (χ2n) is 8.03. The molecule has 1 fully saturated rings. The maximum Gasteiger partial charge on any atom is 0.342 e. The van der Waals surface area contributed by atoms with E-state index in [1.807, 2.05) is 33.8 Å². The van der Waals surface area contributed by atoms with Crippen LogP contribution in [0.5, 0.6) is 11.5 Å². The number of methoxy groups -OCH3 is 2. The normalized spacial score (nSPS) is 15.7. The van der Waals surface area contributed by atoms with Gasteiger partial charge in [-0.15, -0.1) is 0 Å². The molecule has 8 nitrogen and oxygen atoms in total. The van der Waals surface area contributed by atoms with Crippen LogP contribution in [0.15, 0.2) is 11.6 Å². The summed E-state index contributed by atoms with van der Waals surface area (Å²) in [5.74, 6) is 0.628. The summed E-state index contributed by atoms with van der Waals surface area (Å²) >= 11 is 0. The van der Waals surface area contributed by atoms with Crippen LogP contribution in [0.25, 0.3) is 0 Å². The fraction of sp³-hybridized carbons (Fsp3) is 0.615. The van der Waals surface area contributed by atoms with Gasteiger partial charge in [-0.05, 0) is 32.3 Å². The highest BCUT2D eigenvalue weighted by atomic mass is 16.5. The molecular formula is C26H39NO7. The van der Waals surface area contributed by atoms with Gasteiger partial charge in [0.2, 0.25) is 0 Å². The number of hydrogen-bond donors (Lipinski definition) is 0. The smallest absolute Gasteiger partial charge is 0.342 e. The molecule has 2 aliphatic heterocycles. The summed E-state index contributed by atoms with van der Waals surface area (Å²) in [4.78, 5) is 26.6. The zero-order valence-corrected chi connectivity index (χ0v) is 21.5. The van der Waals surface area contributed by atoms with Crippen LogP contribution in [0.4, 0.5) is 0 Å². The largest absolute Gasteiger partial charge is 0.496 e. The van der Waals surface area contributed by atoms with Crippen molar-refractivity contribution < 1.29 is 33.3 Å². The molecule has 190 valence electrons. The van der Waals surface area contributed by atoms with E-state index < -0.39 is 0 Å². The van der Waals surface area contributed by atoms with E-state index in [9.17, 15) is 9.59 Å². The average molecular weight is 478 g/mol. The van der Waals surface area contributed by atoms with Crippen molar-refractivity contribution in [1.29, 1.82) is 0 Å². The molecule has 34 heavy (non-hydrogen) atoms. The van der Waals surface area contributed by atoms with Crippen molar-refractivity contribution in [3.8, 4) is 11.5 Å². The van der Waals surface area contributed by atoms with E-state index in [4.69, 9.17) is 23.7 Å². The minimum atomic E-state index is -0.371. The van der Waals surface area contributed by atoms with Gasteiger partial charge in [0.15, 0.2) is 0 Å². The summed E-state index contributed by atoms with van der Waals surface area (Å²) in [6, 6.07) is 0. The molecule has 1 aromatic carbocycles. The number of cyclic esters (lactones) is 1. The molecule has 1 saturated heterocycles. The number of esters is 2. The Morgan fingerprint density at radius 2 is 1.76 bits per heavy atom. The van der Waals surface area contributed by atoms with Crippen LogP contribution < -0.4 is 9.47 Å². The van der Waals surface area contributed by atoms with Gasteiger partial charge in [-0.2, -0.15) is 0 Å². The van der Waals surface area contributed by atoms with Crippen LogP contribution in [0, 0.1) is 6.92 Å². The van der Waals surface area contributed by atoms with E-state index in [-0.39, 0.29) is 18.5 Å². The van der Waals surface area contributed by atoms with E-state index in [1.54, 1.807) is 14.2 Å². The third-order valence-corrected chi connectivity index (χ3v) is 5.98. The number of carbonyl (C=O) groups excluding carboxylic acids is 2. The predicted octanol–water partition coefficient (Wildman–Crippen LogP) is 3.85. The van der Waals surface area contributed by atoms with Crippen molar-refractivity contribution in [3.05, 3.63) is 33.9 Å². The molecule has 2 heterocycles. The molecule has 3 rings (SSSR count).